The van der Waals surface area contributed by atoms with Gasteiger partial charge in [0.05, 0.1) is 12.3 Å². The van der Waals surface area contributed by atoms with E-state index < -0.39 is 0 Å². The Balaban J connectivity index is 2.14. The van der Waals surface area contributed by atoms with Crippen molar-refractivity contribution in [1.29, 1.82) is 0 Å². The third-order valence-corrected chi connectivity index (χ3v) is 3.67. The van der Waals surface area contributed by atoms with Gasteiger partial charge in [0, 0.05) is 12.0 Å². The third-order valence-electron chi connectivity index (χ3n) is 3.27. The summed E-state index contributed by atoms with van der Waals surface area (Å²) in [6.45, 7) is 2.85. The minimum atomic E-state index is 0.789. The number of aromatic nitrogens is 2. The van der Waals surface area contributed by atoms with Gasteiger partial charge >= 0.3 is 0 Å². The smallest absolute Gasteiger partial charge is 0.131 e. The van der Waals surface area contributed by atoms with Gasteiger partial charge in [-0.1, -0.05) is 19.1 Å². The highest BCUT2D eigenvalue weighted by Crippen LogP contribution is 2.35. The molecule has 19 heavy (non-hydrogen) atoms. The summed E-state index contributed by atoms with van der Waals surface area (Å²) >= 11 is 3.46. The van der Waals surface area contributed by atoms with Gasteiger partial charge < -0.3 is 4.74 Å². The Labute approximate surface area is 121 Å². The normalized spacial score (nSPS) is 13.8. The molecule has 0 amide bonds. The standard InChI is InChI=1S/C15H15BrN2O/c1-2-14-17-12(9-13(16)18-14)11-7-3-5-10-6-4-8-19-15(10)11/h3,5,7,9H,2,4,6,8H2,1H3. The number of rotatable bonds is 2. The number of hydrogen-bond acceptors (Lipinski definition) is 3. The number of halogens is 1. The van der Waals surface area contributed by atoms with Gasteiger partial charge in [0.15, 0.2) is 0 Å². The average molecular weight is 319 g/mol. The van der Waals surface area contributed by atoms with E-state index in [4.69, 9.17) is 4.74 Å². The molecule has 4 heteroatoms. The number of nitrogens with zero attached hydrogens (tertiary/aromatic N) is 2. The quantitative estimate of drug-likeness (QED) is 0.790. The van der Waals surface area contributed by atoms with Crippen LogP contribution in [0.2, 0.25) is 0 Å². The maximum Gasteiger partial charge on any atom is 0.131 e. The van der Waals surface area contributed by atoms with Crippen LogP contribution in [0.25, 0.3) is 11.3 Å². The Morgan fingerprint density at radius 3 is 3.05 bits per heavy atom. The first-order chi connectivity index (χ1) is 9.28. The number of hydrogen-bond donors (Lipinski definition) is 0. The van der Waals surface area contributed by atoms with Gasteiger partial charge in [-0.15, -0.1) is 0 Å². The fourth-order valence-electron chi connectivity index (χ4n) is 2.35. The first kappa shape index (κ1) is 12.6. The van der Waals surface area contributed by atoms with Crippen molar-refractivity contribution in [3.8, 4) is 17.0 Å². The fourth-order valence-corrected chi connectivity index (χ4v) is 2.77. The van der Waals surface area contributed by atoms with E-state index in [-0.39, 0.29) is 0 Å². The van der Waals surface area contributed by atoms with Crippen molar-refractivity contribution in [2.75, 3.05) is 6.61 Å². The predicted octanol–water partition coefficient (Wildman–Crippen LogP) is 3.79. The van der Waals surface area contributed by atoms with Crippen LogP contribution in [0.5, 0.6) is 5.75 Å². The summed E-state index contributed by atoms with van der Waals surface area (Å²) in [6.07, 6.45) is 2.99. The second-order valence-corrected chi connectivity index (χ2v) is 5.40. The molecule has 2 aromatic rings. The molecule has 1 aromatic carbocycles. The summed E-state index contributed by atoms with van der Waals surface area (Å²) in [6, 6.07) is 8.23. The molecule has 0 bridgehead atoms. The van der Waals surface area contributed by atoms with Crippen LogP contribution < -0.4 is 4.74 Å². The average Bonchev–Trinajstić information content (AvgIpc) is 2.46. The zero-order valence-electron chi connectivity index (χ0n) is 10.8. The molecule has 0 saturated carbocycles. The Morgan fingerprint density at radius 1 is 1.32 bits per heavy atom. The molecule has 1 aromatic heterocycles. The largest absolute Gasteiger partial charge is 0.493 e. The summed E-state index contributed by atoms with van der Waals surface area (Å²) in [4.78, 5) is 8.96. The highest BCUT2D eigenvalue weighted by molar-refractivity contribution is 9.10. The van der Waals surface area contributed by atoms with Gasteiger partial charge in [-0.2, -0.15) is 0 Å². The highest BCUT2D eigenvalue weighted by Gasteiger charge is 2.17. The summed E-state index contributed by atoms with van der Waals surface area (Å²) in [7, 11) is 0. The molecule has 98 valence electrons. The maximum absolute atomic E-state index is 5.85. The molecule has 0 N–H and O–H groups in total. The lowest BCUT2D eigenvalue weighted by atomic mass is 10.0. The van der Waals surface area contributed by atoms with Crippen molar-refractivity contribution in [2.24, 2.45) is 0 Å². The van der Waals surface area contributed by atoms with E-state index in [1.807, 2.05) is 6.07 Å². The minimum absolute atomic E-state index is 0.789. The van der Waals surface area contributed by atoms with Crippen molar-refractivity contribution in [3.05, 3.63) is 40.3 Å². The van der Waals surface area contributed by atoms with Crippen LogP contribution in [0.1, 0.15) is 24.7 Å². The molecule has 0 aliphatic carbocycles. The van der Waals surface area contributed by atoms with Crippen molar-refractivity contribution >= 4 is 15.9 Å². The molecule has 0 saturated heterocycles. The van der Waals surface area contributed by atoms with E-state index in [0.717, 1.165) is 53.3 Å². The lowest BCUT2D eigenvalue weighted by Crippen LogP contribution is -2.09. The molecule has 3 rings (SSSR count). The van der Waals surface area contributed by atoms with Gasteiger partial charge in [0.25, 0.3) is 0 Å². The van der Waals surface area contributed by atoms with Crippen LogP contribution in [-0.2, 0) is 12.8 Å². The molecule has 2 heterocycles. The monoisotopic (exact) mass is 318 g/mol. The summed E-state index contributed by atoms with van der Waals surface area (Å²) in [5, 5.41) is 0. The first-order valence-electron chi connectivity index (χ1n) is 6.56. The fraction of sp³-hybridized carbons (Fsp3) is 0.333. The van der Waals surface area contributed by atoms with Crippen LogP contribution >= 0.6 is 15.9 Å². The maximum atomic E-state index is 5.85. The molecule has 0 unspecified atom stereocenters. The lowest BCUT2D eigenvalue weighted by molar-refractivity contribution is 0.289. The summed E-state index contributed by atoms with van der Waals surface area (Å²) < 4.78 is 6.67. The Morgan fingerprint density at radius 2 is 2.21 bits per heavy atom. The van der Waals surface area contributed by atoms with E-state index in [1.165, 1.54) is 5.56 Å². The Hall–Kier alpha value is -1.42. The van der Waals surface area contributed by atoms with Crippen molar-refractivity contribution in [1.82, 2.24) is 9.97 Å². The third kappa shape index (κ3) is 2.50. The predicted molar refractivity (Wildman–Crippen MR) is 78.4 cm³/mol. The summed E-state index contributed by atoms with van der Waals surface area (Å²) in [5.41, 5.74) is 3.27. The number of para-hydroxylation sites is 1. The number of ether oxygens (including phenoxy) is 1. The lowest BCUT2D eigenvalue weighted by Gasteiger charge is -2.20. The molecule has 3 nitrogen and oxygen atoms in total. The second-order valence-electron chi connectivity index (χ2n) is 4.59. The SMILES string of the molecule is CCc1nc(Br)cc(-c2cccc3c2OCCC3)n1. The topological polar surface area (TPSA) is 35.0 Å². The van der Waals surface area contributed by atoms with Crippen LogP contribution in [0.3, 0.4) is 0 Å². The zero-order valence-corrected chi connectivity index (χ0v) is 12.4. The minimum Gasteiger partial charge on any atom is -0.493 e. The first-order valence-corrected chi connectivity index (χ1v) is 7.35. The van der Waals surface area contributed by atoms with Crippen LogP contribution in [0.4, 0.5) is 0 Å². The molecular weight excluding hydrogens is 304 g/mol. The van der Waals surface area contributed by atoms with Crippen molar-refractivity contribution in [2.45, 2.75) is 26.2 Å². The van der Waals surface area contributed by atoms with E-state index >= 15 is 0 Å². The highest BCUT2D eigenvalue weighted by atomic mass is 79.9. The van der Waals surface area contributed by atoms with Crippen molar-refractivity contribution < 1.29 is 4.74 Å². The zero-order chi connectivity index (χ0) is 13.2. The van der Waals surface area contributed by atoms with E-state index in [9.17, 15) is 0 Å². The molecule has 0 radical (unpaired) electrons. The van der Waals surface area contributed by atoms with Gasteiger partial charge in [-0.25, -0.2) is 9.97 Å². The number of aryl methyl sites for hydroxylation is 2. The second kappa shape index (κ2) is 5.29. The van der Waals surface area contributed by atoms with Crippen LogP contribution in [0, 0.1) is 0 Å². The molecular formula is C15H15BrN2O. The van der Waals surface area contributed by atoms with Gasteiger partial charge in [0.1, 0.15) is 16.2 Å². The van der Waals surface area contributed by atoms with Crippen LogP contribution in [0.15, 0.2) is 28.9 Å². The number of benzene rings is 1. The van der Waals surface area contributed by atoms with Crippen LogP contribution in [-0.4, -0.2) is 16.6 Å². The Kier molecular flexibility index (Phi) is 3.51. The van der Waals surface area contributed by atoms with E-state index in [1.54, 1.807) is 0 Å². The molecule has 1 aliphatic heterocycles. The van der Waals surface area contributed by atoms with Crippen molar-refractivity contribution in [3.63, 3.8) is 0 Å². The Bertz CT molecular complexity index is 613. The van der Waals surface area contributed by atoms with E-state index in [0.29, 0.717) is 0 Å². The number of fused-ring (bicyclic) bond motifs is 1. The van der Waals surface area contributed by atoms with Gasteiger partial charge in [-0.3, -0.25) is 0 Å². The van der Waals surface area contributed by atoms with Gasteiger partial charge in [-0.05, 0) is 46.5 Å². The molecule has 1 aliphatic rings. The van der Waals surface area contributed by atoms with Gasteiger partial charge in [0.2, 0.25) is 0 Å². The molecule has 0 fully saturated rings. The molecule has 0 spiro atoms. The molecule has 0 atom stereocenters. The summed E-state index contributed by atoms with van der Waals surface area (Å²) in [5.74, 6) is 1.83. The van der Waals surface area contributed by atoms with E-state index in [2.05, 4.69) is 51.0 Å².